The second-order valence-electron chi connectivity index (χ2n) is 10.5. The number of benzene rings is 3. The van der Waals surface area contributed by atoms with Crippen LogP contribution in [0.15, 0.2) is 91.8 Å². The molecular formula is C32H26F3N9O2. The van der Waals surface area contributed by atoms with E-state index < -0.39 is 23.7 Å². The van der Waals surface area contributed by atoms with Crippen molar-refractivity contribution < 1.29 is 22.8 Å². The number of fused-ring (bicyclic) bond motifs is 1. The molecule has 6 rings (SSSR count). The van der Waals surface area contributed by atoms with Crippen molar-refractivity contribution in [3.63, 3.8) is 0 Å². The number of carbonyl (C=O) groups excluding carboxylic acids is 2. The molecular weight excluding hydrogens is 599 g/mol. The van der Waals surface area contributed by atoms with Crippen LogP contribution in [0, 0.1) is 13.8 Å². The van der Waals surface area contributed by atoms with Crippen LogP contribution in [0.5, 0.6) is 0 Å². The molecule has 46 heavy (non-hydrogen) atoms. The minimum Gasteiger partial charge on any atom is -0.399 e. The molecule has 232 valence electrons. The van der Waals surface area contributed by atoms with Gasteiger partial charge in [-0.05, 0) is 74.0 Å². The molecule has 0 aliphatic heterocycles. The van der Waals surface area contributed by atoms with Crippen LogP contribution in [0.3, 0.4) is 0 Å². The van der Waals surface area contributed by atoms with E-state index >= 15 is 0 Å². The zero-order valence-electron chi connectivity index (χ0n) is 24.4. The highest BCUT2D eigenvalue weighted by atomic mass is 19.4. The van der Waals surface area contributed by atoms with Crippen LogP contribution in [0.2, 0.25) is 0 Å². The Morgan fingerprint density at radius 3 is 2.46 bits per heavy atom. The van der Waals surface area contributed by atoms with Gasteiger partial charge in [-0.25, -0.2) is 19.7 Å². The Labute approximate surface area is 259 Å². The summed E-state index contributed by atoms with van der Waals surface area (Å²) < 4.78 is 43.9. The molecule has 3 aromatic carbocycles. The number of aromatic nitrogens is 5. The molecule has 3 heterocycles. The number of nitrogens with two attached hydrogens (primary N) is 1. The third-order valence-corrected chi connectivity index (χ3v) is 7.10. The Morgan fingerprint density at radius 2 is 1.72 bits per heavy atom. The van der Waals surface area contributed by atoms with E-state index in [1.165, 1.54) is 33.9 Å². The van der Waals surface area contributed by atoms with Crippen LogP contribution in [0.25, 0.3) is 16.7 Å². The van der Waals surface area contributed by atoms with Gasteiger partial charge in [0.1, 0.15) is 12.1 Å². The van der Waals surface area contributed by atoms with E-state index in [1.54, 1.807) is 62.6 Å². The van der Waals surface area contributed by atoms with Gasteiger partial charge in [-0.2, -0.15) is 13.2 Å². The number of carbonyl (C=O) groups is 2. The maximum atomic E-state index is 13.7. The Balaban J connectivity index is 1.23. The Hall–Kier alpha value is -6.18. The highest BCUT2D eigenvalue weighted by Gasteiger charge is 2.32. The van der Waals surface area contributed by atoms with Crippen molar-refractivity contribution in [3.05, 3.63) is 114 Å². The van der Waals surface area contributed by atoms with E-state index in [9.17, 15) is 22.8 Å². The number of amides is 2. The van der Waals surface area contributed by atoms with Crippen molar-refractivity contribution >= 4 is 51.5 Å². The number of rotatable bonds is 6. The third kappa shape index (κ3) is 6.22. The van der Waals surface area contributed by atoms with Crippen molar-refractivity contribution in [3.8, 4) is 5.69 Å². The van der Waals surface area contributed by atoms with Gasteiger partial charge in [-0.1, -0.05) is 12.1 Å². The molecule has 0 saturated carbocycles. The fourth-order valence-electron chi connectivity index (χ4n) is 4.80. The summed E-state index contributed by atoms with van der Waals surface area (Å²) in [6.07, 6.45) is 1.13. The Morgan fingerprint density at radius 1 is 0.891 bits per heavy atom. The van der Waals surface area contributed by atoms with Crippen molar-refractivity contribution in [2.24, 2.45) is 0 Å². The predicted molar refractivity (Wildman–Crippen MR) is 169 cm³/mol. The molecule has 0 bridgehead atoms. The zero-order chi connectivity index (χ0) is 32.6. The monoisotopic (exact) mass is 625 g/mol. The molecule has 0 spiro atoms. The average molecular weight is 626 g/mol. The summed E-state index contributed by atoms with van der Waals surface area (Å²) >= 11 is 0. The topological polar surface area (TPSA) is 145 Å². The first-order valence-corrected chi connectivity index (χ1v) is 13.9. The molecule has 0 fully saturated rings. The molecule has 6 aromatic rings. The summed E-state index contributed by atoms with van der Waals surface area (Å²) in [6, 6.07) is 16.1. The number of imidazole rings is 1. The summed E-state index contributed by atoms with van der Waals surface area (Å²) in [7, 11) is 0. The van der Waals surface area contributed by atoms with Gasteiger partial charge in [0.15, 0.2) is 5.65 Å². The summed E-state index contributed by atoms with van der Waals surface area (Å²) in [5, 5.41) is 9.21. The molecule has 2 amide bonds. The number of hydrogen-bond acceptors (Lipinski definition) is 7. The van der Waals surface area contributed by atoms with E-state index in [2.05, 4.69) is 30.9 Å². The molecule has 5 N–H and O–H groups in total. The zero-order valence-corrected chi connectivity index (χ0v) is 24.4. The van der Waals surface area contributed by atoms with Gasteiger partial charge in [0.25, 0.3) is 5.91 Å². The van der Waals surface area contributed by atoms with Crippen LogP contribution >= 0.6 is 0 Å². The van der Waals surface area contributed by atoms with Crippen molar-refractivity contribution in [1.29, 1.82) is 0 Å². The van der Waals surface area contributed by atoms with Crippen molar-refractivity contribution in [2.75, 3.05) is 21.7 Å². The highest BCUT2D eigenvalue weighted by Crippen LogP contribution is 2.32. The van der Waals surface area contributed by atoms with Gasteiger partial charge in [0.2, 0.25) is 0 Å². The molecule has 0 saturated heterocycles. The summed E-state index contributed by atoms with van der Waals surface area (Å²) in [5.41, 5.74) is 8.37. The Bertz CT molecular complexity index is 2120. The lowest BCUT2D eigenvalue weighted by Gasteiger charge is -2.14. The Kier molecular flexibility index (Phi) is 7.61. The summed E-state index contributed by atoms with van der Waals surface area (Å²) in [4.78, 5) is 39.2. The van der Waals surface area contributed by atoms with E-state index in [-0.39, 0.29) is 16.9 Å². The lowest BCUT2D eigenvalue weighted by molar-refractivity contribution is -0.137. The number of aryl methyl sites for hydroxylation is 2. The minimum absolute atomic E-state index is 0.131. The quantitative estimate of drug-likeness (QED) is 0.147. The van der Waals surface area contributed by atoms with Gasteiger partial charge in [-0.3, -0.25) is 9.36 Å². The smallest absolute Gasteiger partial charge is 0.399 e. The average Bonchev–Trinajstić information content (AvgIpc) is 3.65. The number of nitrogens with one attached hydrogen (secondary N) is 3. The van der Waals surface area contributed by atoms with Crippen LogP contribution in [-0.2, 0) is 6.18 Å². The van der Waals surface area contributed by atoms with Gasteiger partial charge >= 0.3 is 12.2 Å². The van der Waals surface area contributed by atoms with Crippen LogP contribution < -0.4 is 21.7 Å². The lowest BCUT2D eigenvalue weighted by atomic mass is 10.1. The molecule has 14 heteroatoms. The number of anilines is 5. The summed E-state index contributed by atoms with van der Waals surface area (Å²) in [5.74, 6) is -0.289. The number of nitrogen functional groups attached to an aromatic ring is 1. The normalized spacial score (nSPS) is 11.4. The fourth-order valence-corrected chi connectivity index (χ4v) is 4.80. The van der Waals surface area contributed by atoms with Gasteiger partial charge in [-0.15, -0.1) is 0 Å². The molecule has 0 unspecified atom stereocenters. The SMILES string of the molecule is Cc1cn(-c2cc(C(=O)Nc3ccc(C)c(NC(=O)n4ccc5c(Nc6cccc(N)c6)ncnc54)c3)cc(C(F)(F)F)c2)cn1. The number of halogens is 3. The second kappa shape index (κ2) is 11.7. The molecule has 3 aromatic heterocycles. The highest BCUT2D eigenvalue weighted by molar-refractivity contribution is 6.06. The lowest BCUT2D eigenvalue weighted by Crippen LogP contribution is -2.20. The van der Waals surface area contributed by atoms with Gasteiger partial charge in [0, 0.05) is 46.4 Å². The van der Waals surface area contributed by atoms with Crippen molar-refractivity contribution in [2.45, 2.75) is 20.0 Å². The van der Waals surface area contributed by atoms with E-state index in [0.717, 1.165) is 12.1 Å². The first kappa shape index (κ1) is 29.9. The minimum atomic E-state index is -4.68. The van der Waals surface area contributed by atoms with E-state index in [1.807, 2.05) is 6.07 Å². The molecule has 11 nitrogen and oxygen atoms in total. The largest absolute Gasteiger partial charge is 0.416 e. The molecule has 0 aliphatic carbocycles. The fraction of sp³-hybridized carbons (Fsp3) is 0.0938. The van der Waals surface area contributed by atoms with Gasteiger partial charge in [0.05, 0.1) is 23.0 Å². The number of hydrogen-bond donors (Lipinski definition) is 4. The van der Waals surface area contributed by atoms with Crippen LogP contribution in [0.4, 0.5) is 46.5 Å². The molecule has 0 atom stereocenters. The second-order valence-corrected chi connectivity index (χ2v) is 10.5. The maximum absolute atomic E-state index is 13.7. The van der Waals surface area contributed by atoms with Gasteiger partial charge < -0.3 is 26.3 Å². The molecule has 0 aliphatic rings. The first-order valence-electron chi connectivity index (χ1n) is 13.9. The first-order chi connectivity index (χ1) is 21.9. The molecule has 0 radical (unpaired) electrons. The van der Waals surface area contributed by atoms with E-state index in [4.69, 9.17) is 5.73 Å². The van der Waals surface area contributed by atoms with Crippen LogP contribution in [-0.4, -0.2) is 36.0 Å². The van der Waals surface area contributed by atoms with Crippen molar-refractivity contribution in [1.82, 2.24) is 24.1 Å². The summed E-state index contributed by atoms with van der Waals surface area (Å²) in [6.45, 7) is 3.46. The number of nitrogens with zero attached hydrogens (tertiary/aromatic N) is 5. The standard InChI is InChI=1S/C32H26F3N9O2/c1-18-6-7-24(41-30(45)20-10-21(32(33,34)35)12-25(11-20)43-15-19(2)39-17-43)14-27(18)42-31(46)44-9-8-26-28(37-16-38-29(26)44)40-23-5-3-4-22(36)13-23/h3-17H,36H2,1-2H3,(H,41,45)(H,42,46)(H,37,38,40). The number of alkyl halides is 3. The van der Waals surface area contributed by atoms with E-state index in [0.29, 0.717) is 45.2 Å². The van der Waals surface area contributed by atoms with Crippen LogP contribution in [0.1, 0.15) is 27.2 Å². The third-order valence-electron chi connectivity index (χ3n) is 7.10. The maximum Gasteiger partial charge on any atom is 0.416 e. The predicted octanol–water partition coefficient (Wildman–Crippen LogP) is 6.91.